The average Bonchev–Trinajstić information content (AvgIpc) is 2.58. The number of hydrogen-bond donors (Lipinski definition) is 0. The summed E-state index contributed by atoms with van der Waals surface area (Å²) < 4.78 is 2.09. The van der Waals surface area contributed by atoms with Crippen LogP contribution in [0, 0.1) is 0 Å². The van der Waals surface area contributed by atoms with Crippen LogP contribution >= 0.6 is 39.8 Å². The van der Waals surface area contributed by atoms with Crippen LogP contribution in [0.2, 0.25) is 0 Å². The Kier molecular flexibility index (Phi) is 2.37. The first-order valence-corrected chi connectivity index (χ1v) is 7.59. The first-order chi connectivity index (χ1) is 5.47. The summed E-state index contributed by atoms with van der Waals surface area (Å²) in [5.41, 5.74) is 0. The molecule has 0 saturated heterocycles. The second kappa shape index (κ2) is 3.48. The molecule has 0 bridgehead atoms. The monoisotopic (exact) mass is 220 g/mol. The molecule has 2 rings (SSSR count). The molecule has 58 valence electrons. The molecule has 0 radical (unpaired) electrons. The molecule has 6 heteroatoms. The van der Waals surface area contributed by atoms with Crippen molar-refractivity contribution in [2.75, 3.05) is 0 Å². The molecule has 0 spiro atoms. The van der Waals surface area contributed by atoms with Crippen molar-refractivity contribution in [2.45, 2.75) is 0 Å². The molecule has 0 aliphatic heterocycles. The second-order valence-corrected chi connectivity index (χ2v) is 7.42. The normalized spacial score (nSPS) is 9.82. The van der Waals surface area contributed by atoms with E-state index in [1.807, 2.05) is 24.4 Å². The van der Waals surface area contributed by atoms with Crippen molar-refractivity contribution < 1.29 is 0 Å². The molecule has 0 saturated carbocycles. The fourth-order valence-electron chi connectivity index (χ4n) is 0.631. The molecule has 0 aromatic carbocycles. The molecule has 0 N–H and O–H groups in total. The third-order valence-corrected chi connectivity index (χ3v) is 7.42. The van der Waals surface area contributed by atoms with E-state index in [9.17, 15) is 0 Å². The van der Waals surface area contributed by atoms with Gasteiger partial charge in [0.05, 0.1) is 0 Å². The van der Waals surface area contributed by atoms with Crippen LogP contribution < -0.4 is 0 Å². The van der Waals surface area contributed by atoms with Gasteiger partial charge in [-0.1, -0.05) is 6.07 Å². The van der Waals surface area contributed by atoms with E-state index in [0.29, 0.717) is 0 Å². The molecule has 0 atom stereocenters. The summed E-state index contributed by atoms with van der Waals surface area (Å²) in [7, 11) is 6.94. The van der Waals surface area contributed by atoms with Crippen LogP contribution in [0.1, 0.15) is 0 Å². The van der Waals surface area contributed by atoms with Crippen LogP contribution in [0.5, 0.6) is 0 Å². The lowest BCUT2D eigenvalue weighted by atomic mass is 10.5. The van der Waals surface area contributed by atoms with Crippen molar-refractivity contribution >= 4 is 39.8 Å². The minimum Gasteiger partial charge on any atom is -0.237 e. The van der Waals surface area contributed by atoms with Gasteiger partial charge in [0.25, 0.3) is 0 Å². The minimum atomic E-state index is 1.01. The third kappa shape index (κ3) is 1.70. The summed E-state index contributed by atoms with van der Waals surface area (Å²) >= 11 is 0. The van der Waals surface area contributed by atoms with Gasteiger partial charge < -0.3 is 0 Å². The molecule has 2 heterocycles. The SMILES string of the molecule is c1ccc(-n2ssss2)nc1. The van der Waals surface area contributed by atoms with Crippen LogP contribution in [-0.2, 0) is 0 Å². The second-order valence-electron chi connectivity index (χ2n) is 1.73. The number of aromatic nitrogens is 2. The molecule has 2 nitrogen and oxygen atoms in total. The summed E-state index contributed by atoms with van der Waals surface area (Å²) in [5, 5.41) is 0. The lowest BCUT2D eigenvalue weighted by Crippen LogP contribution is -1.86. The predicted octanol–water partition coefficient (Wildman–Crippen LogP) is 3.24. The number of nitrogens with zero attached hydrogens (tertiary/aromatic N) is 2. The van der Waals surface area contributed by atoms with E-state index < -0.39 is 0 Å². The molecule has 11 heavy (non-hydrogen) atoms. The minimum absolute atomic E-state index is 1.01. The lowest BCUT2D eigenvalue weighted by Gasteiger charge is -1.93. The average molecular weight is 220 g/mol. The fourth-order valence-corrected chi connectivity index (χ4v) is 7.22. The van der Waals surface area contributed by atoms with Gasteiger partial charge in [0.2, 0.25) is 0 Å². The summed E-state index contributed by atoms with van der Waals surface area (Å²) in [4.78, 5) is 4.22. The van der Waals surface area contributed by atoms with Crippen LogP contribution in [-0.4, -0.2) is 8.33 Å². The summed E-state index contributed by atoms with van der Waals surface area (Å²) in [6, 6.07) is 5.93. The first-order valence-electron chi connectivity index (χ1n) is 2.86. The zero-order valence-corrected chi connectivity index (χ0v) is 8.60. The Labute approximate surface area is 78.2 Å². The van der Waals surface area contributed by atoms with Gasteiger partial charge in [-0.2, -0.15) is 3.35 Å². The highest BCUT2D eigenvalue weighted by Gasteiger charge is 1.94. The fraction of sp³-hybridized carbons (Fsp3) is 0. The zero-order chi connectivity index (χ0) is 7.52. The Hall–Kier alpha value is -0.170. The van der Waals surface area contributed by atoms with E-state index in [0.717, 1.165) is 5.82 Å². The van der Waals surface area contributed by atoms with E-state index in [2.05, 4.69) is 8.33 Å². The van der Waals surface area contributed by atoms with Gasteiger partial charge in [0.1, 0.15) is 0 Å². The van der Waals surface area contributed by atoms with Gasteiger partial charge in [0.15, 0.2) is 5.82 Å². The molecule has 0 unspecified atom stereocenters. The molecular formula is C5H4N2S4. The van der Waals surface area contributed by atoms with Crippen molar-refractivity contribution in [2.24, 2.45) is 0 Å². The Bertz CT molecular complexity index is 319. The third-order valence-electron chi connectivity index (χ3n) is 1.06. The molecule has 2 aromatic rings. The molecule has 0 fully saturated rings. The highest BCUT2D eigenvalue weighted by Crippen LogP contribution is 2.24. The lowest BCUT2D eigenvalue weighted by molar-refractivity contribution is 1.18. The Balaban J connectivity index is 2.46. The molecule has 0 aliphatic rings. The van der Waals surface area contributed by atoms with E-state index >= 15 is 0 Å². The maximum absolute atomic E-state index is 4.22. The Morgan fingerprint density at radius 1 is 1.18 bits per heavy atom. The van der Waals surface area contributed by atoms with E-state index in [1.165, 1.54) is 0 Å². The van der Waals surface area contributed by atoms with E-state index in [4.69, 9.17) is 0 Å². The number of rotatable bonds is 1. The van der Waals surface area contributed by atoms with Crippen LogP contribution in [0.3, 0.4) is 0 Å². The Morgan fingerprint density at radius 3 is 2.64 bits per heavy atom. The van der Waals surface area contributed by atoms with Crippen molar-refractivity contribution in [3.63, 3.8) is 0 Å². The standard InChI is InChI=1S/C5H4N2S4/c1-2-4-6-5(3-1)7-8-10-11-9-7/h1-4H. The van der Waals surface area contributed by atoms with Gasteiger partial charge >= 0.3 is 0 Å². The topological polar surface area (TPSA) is 17.8 Å². The van der Waals surface area contributed by atoms with Gasteiger partial charge in [0, 0.05) is 46.0 Å². The van der Waals surface area contributed by atoms with Crippen molar-refractivity contribution in [1.82, 2.24) is 8.33 Å². The molecular weight excluding hydrogens is 216 g/mol. The van der Waals surface area contributed by atoms with E-state index in [1.54, 1.807) is 39.8 Å². The molecule has 0 aliphatic carbocycles. The summed E-state index contributed by atoms with van der Waals surface area (Å²) in [5.74, 6) is 1.01. The van der Waals surface area contributed by atoms with Crippen molar-refractivity contribution in [1.29, 1.82) is 0 Å². The van der Waals surface area contributed by atoms with E-state index in [-0.39, 0.29) is 0 Å². The summed E-state index contributed by atoms with van der Waals surface area (Å²) in [6.45, 7) is 0. The van der Waals surface area contributed by atoms with Crippen molar-refractivity contribution in [3.05, 3.63) is 24.4 Å². The molecule has 2 aromatic heterocycles. The zero-order valence-electron chi connectivity index (χ0n) is 5.34. The van der Waals surface area contributed by atoms with Gasteiger partial charge in [-0.15, -0.1) is 0 Å². The largest absolute Gasteiger partial charge is 0.237 e. The van der Waals surface area contributed by atoms with Crippen molar-refractivity contribution in [3.8, 4) is 5.82 Å². The van der Waals surface area contributed by atoms with Crippen LogP contribution in [0.15, 0.2) is 24.4 Å². The number of pyridine rings is 1. The van der Waals surface area contributed by atoms with Gasteiger partial charge in [-0.05, 0) is 12.1 Å². The summed E-state index contributed by atoms with van der Waals surface area (Å²) in [6.07, 6.45) is 1.81. The van der Waals surface area contributed by atoms with Crippen LogP contribution in [0.25, 0.3) is 5.82 Å². The van der Waals surface area contributed by atoms with Crippen LogP contribution in [0.4, 0.5) is 0 Å². The highest BCUT2D eigenvalue weighted by molar-refractivity contribution is 8.09. The molecule has 0 amide bonds. The van der Waals surface area contributed by atoms with Gasteiger partial charge in [-0.25, -0.2) is 4.98 Å². The number of hydrogen-bond acceptors (Lipinski definition) is 5. The maximum Gasteiger partial charge on any atom is 0.158 e. The Morgan fingerprint density at radius 2 is 2.00 bits per heavy atom. The predicted molar refractivity (Wildman–Crippen MR) is 52.7 cm³/mol. The maximum atomic E-state index is 4.22. The first kappa shape index (κ1) is 7.48. The van der Waals surface area contributed by atoms with Gasteiger partial charge in [-0.3, -0.25) is 0 Å². The highest BCUT2D eigenvalue weighted by atomic mass is 33.4. The quantitative estimate of drug-likeness (QED) is 0.675. The smallest absolute Gasteiger partial charge is 0.158 e.